The van der Waals surface area contributed by atoms with Crippen LogP contribution in [-0.4, -0.2) is 26.4 Å². The van der Waals surface area contributed by atoms with E-state index in [4.69, 9.17) is 18.9 Å². The van der Waals surface area contributed by atoms with Gasteiger partial charge in [-0.15, -0.1) is 0 Å². The largest absolute Gasteiger partial charge is 0.497 e. The van der Waals surface area contributed by atoms with Crippen molar-refractivity contribution >= 4 is 27.1 Å². The second kappa shape index (κ2) is 13.7. The van der Waals surface area contributed by atoms with E-state index in [-0.39, 0.29) is 0 Å². The second-order valence-electron chi connectivity index (χ2n) is 12.1. The number of fused-ring (bicyclic) bond motifs is 1. The Hall–Kier alpha value is -4.14. The Bertz CT molecular complexity index is 1680. The Morgan fingerprint density at radius 2 is 0.909 bits per heavy atom. The summed E-state index contributed by atoms with van der Waals surface area (Å²) in [5.74, 6) is 3.56. The molecule has 7 rings (SSSR count). The van der Waals surface area contributed by atoms with Crippen molar-refractivity contribution < 1.29 is 18.9 Å². The van der Waals surface area contributed by atoms with Crippen LogP contribution in [0.2, 0.25) is 0 Å². The molecule has 0 unspecified atom stereocenters. The van der Waals surface area contributed by atoms with E-state index in [1.165, 1.54) is 12.8 Å². The average Bonchev–Trinajstić information content (AvgIpc) is 3.06. The maximum Gasteiger partial charge on any atom is 0.173 e. The first-order valence-corrected chi connectivity index (χ1v) is 16.7. The predicted octanol–water partition coefficient (Wildman–Crippen LogP) is 10.5. The molecular formula is C40H42O4. The molecule has 0 fully saturated rings. The van der Waals surface area contributed by atoms with E-state index in [1.807, 2.05) is 0 Å². The zero-order valence-corrected chi connectivity index (χ0v) is 25.7. The van der Waals surface area contributed by atoms with Gasteiger partial charge in [-0.25, -0.2) is 0 Å². The van der Waals surface area contributed by atoms with Gasteiger partial charge in [-0.1, -0.05) is 98.9 Å². The minimum Gasteiger partial charge on any atom is -0.497 e. The van der Waals surface area contributed by atoms with E-state index in [0.717, 1.165) is 118 Å². The van der Waals surface area contributed by atoms with Crippen molar-refractivity contribution in [1.29, 1.82) is 0 Å². The van der Waals surface area contributed by atoms with Crippen LogP contribution in [0, 0.1) is 0 Å². The number of hydrogen-bond acceptors (Lipinski definition) is 4. The third kappa shape index (κ3) is 5.84. The quantitative estimate of drug-likeness (QED) is 0.152. The Morgan fingerprint density at radius 1 is 0.432 bits per heavy atom. The van der Waals surface area contributed by atoms with E-state index in [2.05, 4.69) is 78.5 Å². The SMILES string of the molecule is C1=CCC2=C3C=1OCCCCCCCOc1cccc(c1-c1c4ccccc4c3c3ccccc13)OCCCCCCCO2. The van der Waals surface area contributed by atoms with Gasteiger partial charge in [0.1, 0.15) is 17.3 Å². The van der Waals surface area contributed by atoms with Crippen molar-refractivity contribution in [3.05, 3.63) is 95.6 Å². The lowest BCUT2D eigenvalue weighted by Gasteiger charge is -2.25. The lowest BCUT2D eigenvalue weighted by atomic mass is 9.84. The number of allylic oxidation sites excluding steroid dienone is 1. The molecular weight excluding hydrogens is 544 g/mol. The first kappa shape index (κ1) is 28.6. The molecule has 0 spiro atoms. The van der Waals surface area contributed by atoms with Gasteiger partial charge < -0.3 is 18.9 Å². The molecule has 4 heteroatoms. The Balaban J connectivity index is 1.57. The fourth-order valence-corrected chi connectivity index (χ4v) is 6.90. The van der Waals surface area contributed by atoms with E-state index in [9.17, 15) is 0 Å². The molecule has 0 amide bonds. The zero-order chi connectivity index (χ0) is 29.6. The van der Waals surface area contributed by atoms with Crippen LogP contribution in [0.25, 0.3) is 38.2 Å². The van der Waals surface area contributed by atoms with Crippen molar-refractivity contribution in [3.8, 4) is 22.6 Å². The number of benzene rings is 4. The molecule has 0 saturated carbocycles. The number of ether oxygens (including phenoxy) is 4. The predicted molar refractivity (Wildman–Crippen MR) is 179 cm³/mol. The highest BCUT2D eigenvalue weighted by Crippen LogP contribution is 2.50. The molecule has 0 atom stereocenters. The molecule has 0 N–H and O–H groups in total. The first-order valence-electron chi connectivity index (χ1n) is 16.7. The van der Waals surface area contributed by atoms with Gasteiger partial charge in [-0.05, 0) is 65.4 Å². The lowest BCUT2D eigenvalue weighted by molar-refractivity contribution is 0.191. The number of rotatable bonds is 0. The Kier molecular flexibility index (Phi) is 8.88. The zero-order valence-electron chi connectivity index (χ0n) is 25.7. The van der Waals surface area contributed by atoms with Crippen molar-refractivity contribution in [2.45, 2.75) is 70.6 Å². The van der Waals surface area contributed by atoms with Crippen molar-refractivity contribution in [1.82, 2.24) is 0 Å². The third-order valence-electron chi connectivity index (χ3n) is 9.06. The molecule has 4 nitrogen and oxygen atoms in total. The summed E-state index contributed by atoms with van der Waals surface area (Å²) in [5.41, 5.74) is 7.91. The fourth-order valence-electron chi connectivity index (χ4n) is 6.90. The molecule has 4 bridgehead atoms. The smallest absolute Gasteiger partial charge is 0.173 e. The lowest BCUT2D eigenvalue weighted by Crippen LogP contribution is -2.08. The van der Waals surface area contributed by atoms with E-state index < -0.39 is 0 Å². The van der Waals surface area contributed by atoms with Crippen LogP contribution in [0.3, 0.4) is 0 Å². The first-order chi connectivity index (χ1) is 21.9. The molecule has 4 aromatic rings. The van der Waals surface area contributed by atoms with Crippen LogP contribution < -0.4 is 9.47 Å². The highest BCUT2D eigenvalue weighted by molar-refractivity contribution is 6.21. The van der Waals surface area contributed by atoms with E-state index in [1.54, 1.807) is 0 Å². The maximum absolute atomic E-state index is 6.66. The highest BCUT2D eigenvalue weighted by atomic mass is 16.5. The van der Waals surface area contributed by atoms with Crippen LogP contribution in [0.1, 0.15) is 76.2 Å². The summed E-state index contributed by atoms with van der Waals surface area (Å²) in [4.78, 5) is 0. The van der Waals surface area contributed by atoms with E-state index >= 15 is 0 Å². The summed E-state index contributed by atoms with van der Waals surface area (Å²) < 4.78 is 26.5. The normalized spacial score (nSPS) is 18.3. The standard InChI is InChI=1S/C40H42O4/c1-3-11-25-41-33-21-15-23-35-39(33)37-29-17-7-9-19-31(29)38(32-20-10-8-18-30(32)37)40-34(42-26-12-4-1)22-16-24-36(40)44-28-14-6-2-5-13-27-43-35/h7-10,15-21,23H,1-6,11-14,22,25-28H2. The van der Waals surface area contributed by atoms with Crippen LogP contribution in [-0.2, 0) is 9.47 Å². The molecule has 1 aliphatic carbocycles. The highest BCUT2D eigenvalue weighted by Gasteiger charge is 2.27. The van der Waals surface area contributed by atoms with Gasteiger partial charge in [-0.2, -0.15) is 0 Å². The molecule has 4 aromatic carbocycles. The fraction of sp³-hybridized carbons (Fsp3) is 0.375. The minimum atomic E-state index is 0.670. The van der Waals surface area contributed by atoms with Gasteiger partial charge in [0.15, 0.2) is 5.76 Å². The summed E-state index contributed by atoms with van der Waals surface area (Å²) in [6.07, 6.45) is 13.8. The summed E-state index contributed by atoms with van der Waals surface area (Å²) >= 11 is 0. The van der Waals surface area contributed by atoms with Crippen molar-refractivity contribution in [2.24, 2.45) is 0 Å². The monoisotopic (exact) mass is 586 g/mol. The van der Waals surface area contributed by atoms with Gasteiger partial charge in [0.05, 0.1) is 37.6 Å². The topological polar surface area (TPSA) is 36.9 Å². The molecule has 0 radical (unpaired) electrons. The number of hydrogen-bond donors (Lipinski definition) is 0. The molecule has 3 aliphatic rings. The van der Waals surface area contributed by atoms with Crippen molar-refractivity contribution in [3.63, 3.8) is 0 Å². The van der Waals surface area contributed by atoms with Crippen LogP contribution in [0.15, 0.2) is 90.1 Å². The van der Waals surface area contributed by atoms with Crippen LogP contribution >= 0.6 is 0 Å². The molecule has 0 saturated heterocycles. The summed E-state index contributed by atoms with van der Waals surface area (Å²) in [5, 5.41) is 4.65. The molecule has 2 aliphatic heterocycles. The van der Waals surface area contributed by atoms with E-state index in [0.29, 0.717) is 32.8 Å². The second-order valence-corrected chi connectivity index (χ2v) is 12.1. The van der Waals surface area contributed by atoms with Crippen molar-refractivity contribution in [2.75, 3.05) is 26.4 Å². The van der Waals surface area contributed by atoms with Gasteiger partial charge >= 0.3 is 0 Å². The van der Waals surface area contributed by atoms with Gasteiger partial charge in [0, 0.05) is 17.5 Å². The molecule has 0 aromatic heterocycles. The summed E-state index contributed by atoms with van der Waals surface area (Å²) in [6, 6.07) is 23.8. The molecule has 44 heavy (non-hydrogen) atoms. The average molecular weight is 587 g/mol. The third-order valence-corrected chi connectivity index (χ3v) is 9.06. The Morgan fingerprint density at radius 3 is 1.48 bits per heavy atom. The minimum absolute atomic E-state index is 0.670. The van der Waals surface area contributed by atoms with Gasteiger partial charge in [0.25, 0.3) is 0 Å². The Labute approximate surface area is 261 Å². The maximum atomic E-state index is 6.66. The van der Waals surface area contributed by atoms with Gasteiger partial charge in [-0.3, -0.25) is 0 Å². The van der Waals surface area contributed by atoms with Gasteiger partial charge in [0.2, 0.25) is 0 Å². The summed E-state index contributed by atoms with van der Waals surface area (Å²) in [7, 11) is 0. The molecule has 226 valence electrons. The molecule has 2 heterocycles. The van der Waals surface area contributed by atoms with Crippen LogP contribution in [0.4, 0.5) is 0 Å². The summed E-state index contributed by atoms with van der Waals surface area (Å²) in [6.45, 7) is 2.75. The van der Waals surface area contributed by atoms with Crippen LogP contribution in [0.5, 0.6) is 11.5 Å².